The van der Waals surface area contributed by atoms with E-state index in [1.807, 2.05) is 46.9 Å². The summed E-state index contributed by atoms with van der Waals surface area (Å²) in [6.45, 7) is 10.3. The van der Waals surface area contributed by atoms with Gasteiger partial charge < -0.3 is 37.6 Å². The van der Waals surface area contributed by atoms with Gasteiger partial charge in [-0.25, -0.2) is 18.7 Å². The third-order valence-electron chi connectivity index (χ3n) is 13.7. The molecule has 0 amide bonds. The highest BCUT2D eigenvalue weighted by Gasteiger charge is 2.44. The van der Waals surface area contributed by atoms with Crippen LogP contribution in [-0.4, -0.2) is 125 Å². The van der Waals surface area contributed by atoms with Crippen LogP contribution in [0.4, 0.5) is 46.5 Å². The van der Waals surface area contributed by atoms with E-state index in [9.17, 15) is 35.1 Å². The normalized spacial score (nSPS) is 20.7. The van der Waals surface area contributed by atoms with Crippen LogP contribution < -0.4 is 9.80 Å². The summed E-state index contributed by atoms with van der Waals surface area (Å²) in [4.78, 5) is 16.8. The first-order chi connectivity index (χ1) is 33.4. The van der Waals surface area contributed by atoms with E-state index in [1.54, 1.807) is 23.5 Å². The van der Waals surface area contributed by atoms with Crippen molar-refractivity contribution in [2.45, 2.75) is 74.3 Å². The van der Waals surface area contributed by atoms with Crippen molar-refractivity contribution >= 4 is 34.9 Å². The zero-order valence-corrected chi connectivity index (χ0v) is 40.5. The molecule has 6 aromatic rings. The fourth-order valence-electron chi connectivity index (χ4n) is 10.1. The number of alkyl halides is 6. The first-order valence-corrected chi connectivity index (χ1v) is 25.0. The van der Waals surface area contributed by atoms with E-state index in [2.05, 4.69) is 40.2 Å². The average molecular weight is 1020 g/mol. The van der Waals surface area contributed by atoms with Crippen molar-refractivity contribution in [3.8, 4) is 23.2 Å². The van der Waals surface area contributed by atoms with E-state index in [-0.39, 0.29) is 23.5 Å². The molecule has 4 aliphatic rings. The van der Waals surface area contributed by atoms with Gasteiger partial charge in [0.2, 0.25) is 11.6 Å². The van der Waals surface area contributed by atoms with Crippen molar-refractivity contribution in [2.75, 3.05) is 73.7 Å². The van der Waals surface area contributed by atoms with Gasteiger partial charge >= 0.3 is 12.4 Å². The molecule has 8 heterocycles. The Balaban J connectivity index is 0.000000174. The van der Waals surface area contributed by atoms with Crippen LogP contribution in [0.5, 0.6) is 0 Å². The number of thioether (sulfide) groups is 2. The molecule has 4 atom stereocenters. The summed E-state index contributed by atoms with van der Waals surface area (Å²) in [6, 6.07) is 5.95. The lowest BCUT2D eigenvalue weighted by atomic mass is 10.0. The highest BCUT2D eigenvalue weighted by atomic mass is 32.2. The van der Waals surface area contributed by atoms with Crippen molar-refractivity contribution < 1.29 is 44.0 Å². The van der Waals surface area contributed by atoms with E-state index >= 15 is 0 Å². The van der Waals surface area contributed by atoms with Crippen molar-refractivity contribution in [1.29, 1.82) is 0 Å². The van der Waals surface area contributed by atoms with Gasteiger partial charge in [-0.15, -0.1) is 20.4 Å². The van der Waals surface area contributed by atoms with Crippen LogP contribution in [0.15, 0.2) is 68.3 Å². The summed E-state index contributed by atoms with van der Waals surface area (Å²) in [6.07, 6.45) is -2.58. The maximum atomic E-state index is 14.6. The summed E-state index contributed by atoms with van der Waals surface area (Å²) in [7, 11) is 3.80. The Bertz CT molecular complexity index is 2570. The molecular formula is C46H52F8N12O2S2. The Kier molecular flexibility index (Phi) is 14.6. The maximum Gasteiger partial charge on any atom is 0.416 e. The molecule has 0 unspecified atom stereocenters. The molecule has 2 aromatic carbocycles. The minimum atomic E-state index is -4.55. The van der Waals surface area contributed by atoms with Crippen LogP contribution in [0, 0.1) is 37.3 Å². The fourth-order valence-corrected chi connectivity index (χ4v) is 11.8. The number of fused-ring (bicyclic) bond motifs is 2. The molecule has 0 saturated carbocycles. The smallest absolute Gasteiger partial charge is 0.416 e. The first-order valence-electron chi connectivity index (χ1n) is 23.0. The quantitative estimate of drug-likeness (QED) is 0.0585. The van der Waals surface area contributed by atoms with Gasteiger partial charge in [0.25, 0.3) is 0 Å². The average Bonchev–Trinajstić information content (AvgIpc) is 4.19. The Hall–Kier alpha value is -5.20. The maximum absolute atomic E-state index is 14.6. The summed E-state index contributed by atoms with van der Waals surface area (Å²) in [5, 5.41) is 18.6. The number of hydrogen-bond donors (Lipinski definition) is 0. The number of oxazole rings is 2. The van der Waals surface area contributed by atoms with Gasteiger partial charge in [-0.2, -0.15) is 26.3 Å². The molecule has 4 aliphatic heterocycles. The lowest BCUT2D eigenvalue weighted by Gasteiger charge is -2.27. The number of aryl methyl sites for hydroxylation is 2. The number of aromatic nitrogens is 8. The van der Waals surface area contributed by atoms with Crippen LogP contribution in [0.1, 0.15) is 48.2 Å². The van der Waals surface area contributed by atoms with Gasteiger partial charge in [-0.05, 0) is 101 Å². The molecule has 4 saturated heterocycles. The van der Waals surface area contributed by atoms with Crippen LogP contribution >= 0.6 is 23.5 Å². The van der Waals surface area contributed by atoms with Gasteiger partial charge in [0, 0.05) is 77.0 Å². The Morgan fingerprint density at radius 1 is 0.600 bits per heavy atom. The summed E-state index contributed by atoms with van der Waals surface area (Å²) in [5.41, 5.74) is 0.159. The van der Waals surface area contributed by atoms with Gasteiger partial charge in [-0.1, -0.05) is 23.5 Å². The number of benzene rings is 2. The van der Waals surface area contributed by atoms with E-state index in [0.29, 0.717) is 60.2 Å². The Morgan fingerprint density at radius 2 is 1.01 bits per heavy atom. The van der Waals surface area contributed by atoms with Crippen molar-refractivity contribution in [1.82, 2.24) is 49.3 Å². The molecule has 376 valence electrons. The first kappa shape index (κ1) is 49.8. The third-order valence-corrected chi connectivity index (χ3v) is 15.9. The van der Waals surface area contributed by atoms with Crippen LogP contribution in [-0.2, 0) is 26.4 Å². The number of nitrogens with zero attached hydrogens (tertiary/aromatic N) is 12. The van der Waals surface area contributed by atoms with E-state index in [1.165, 1.54) is 24.9 Å². The summed E-state index contributed by atoms with van der Waals surface area (Å²) >= 11 is 3.25. The number of hydrogen-bond acceptors (Lipinski definition) is 14. The lowest BCUT2D eigenvalue weighted by Crippen LogP contribution is -2.36. The third kappa shape index (κ3) is 10.5. The second-order valence-electron chi connectivity index (χ2n) is 18.1. The van der Waals surface area contributed by atoms with Crippen LogP contribution in [0.2, 0.25) is 0 Å². The number of likely N-dealkylation sites (tertiary alicyclic amines) is 2. The molecule has 0 bridgehead atoms. The SMILES string of the molecule is Cc1ncoc1-c1nnc(SCCCN2C[C@@H]3CCN(c4ccc(C(F)(F)F)cc4F)[C@@H]3C2)n1C.Cc1ncoc1-c1nnc(SCCCN2C[C@H]3CCN(c4ccc(C(F)(F)F)cc4F)[C@H]3C2)n1C. The molecule has 10 rings (SSSR count). The molecule has 4 fully saturated rings. The van der Waals surface area contributed by atoms with Gasteiger partial charge in [0.15, 0.2) is 34.6 Å². The second kappa shape index (κ2) is 20.5. The molecule has 4 aromatic heterocycles. The molecule has 0 aliphatic carbocycles. The largest absolute Gasteiger partial charge is 0.440 e. The molecule has 0 spiro atoms. The van der Waals surface area contributed by atoms with E-state index in [0.717, 1.165) is 110 Å². The van der Waals surface area contributed by atoms with Crippen molar-refractivity contribution in [2.24, 2.45) is 25.9 Å². The summed E-state index contributed by atoms with van der Waals surface area (Å²) < 4.78 is 121. The Morgan fingerprint density at radius 3 is 1.37 bits per heavy atom. The fraction of sp³-hybridized carbons (Fsp3) is 0.522. The predicted molar refractivity (Wildman–Crippen MR) is 247 cm³/mol. The minimum Gasteiger partial charge on any atom is -0.440 e. The molecule has 14 nitrogen and oxygen atoms in total. The molecule has 0 N–H and O–H groups in total. The van der Waals surface area contributed by atoms with E-state index < -0.39 is 35.1 Å². The van der Waals surface area contributed by atoms with Crippen molar-refractivity contribution in [3.63, 3.8) is 0 Å². The Labute approximate surface area is 407 Å². The van der Waals surface area contributed by atoms with Gasteiger partial charge in [0.05, 0.1) is 33.9 Å². The zero-order valence-electron chi connectivity index (χ0n) is 38.9. The standard InChI is InChI=1S/2C23H26F4N6OS/c2*1-14-20(34-13-28-14)21-29-30-22(31(21)2)35-9-3-7-32-11-15-6-8-33(19(15)12-32)18-5-4-16(10-17(18)24)23(25,26)27/h2*4-5,10,13,15,19H,3,6-9,11-12H2,1-2H3/t2*15-,19+/m10/s1. The molecular weight excluding hydrogens is 969 g/mol. The van der Waals surface area contributed by atoms with E-state index in [4.69, 9.17) is 8.83 Å². The van der Waals surface area contributed by atoms with Gasteiger partial charge in [-0.3, -0.25) is 0 Å². The minimum absolute atomic E-state index is 0.125. The highest BCUT2D eigenvalue weighted by molar-refractivity contribution is 7.99. The topological polar surface area (TPSA) is 126 Å². The zero-order chi connectivity index (χ0) is 49.5. The number of halogens is 8. The second-order valence-corrected chi connectivity index (χ2v) is 20.3. The predicted octanol–water partition coefficient (Wildman–Crippen LogP) is 9.26. The van der Waals surface area contributed by atoms with Gasteiger partial charge in [0.1, 0.15) is 11.6 Å². The molecule has 70 heavy (non-hydrogen) atoms. The number of anilines is 2. The lowest BCUT2D eigenvalue weighted by molar-refractivity contribution is -0.138. The molecule has 0 radical (unpaired) electrons. The van der Waals surface area contributed by atoms with Crippen LogP contribution in [0.25, 0.3) is 23.2 Å². The number of rotatable bonds is 14. The monoisotopic (exact) mass is 1020 g/mol. The molecule has 24 heteroatoms. The summed E-state index contributed by atoms with van der Waals surface area (Å²) in [5.74, 6) is 3.43. The van der Waals surface area contributed by atoms with Crippen LogP contribution in [0.3, 0.4) is 0 Å². The van der Waals surface area contributed by atoms with Crippen molar-refractivity contribution in [3.05, 3.63) is 83.3 Å². The highest BCUT2D eigenvalue weighted by Crippen LogP contribution is 2.41.